The number of nitrogens with zero attached hydrogens (tertiary/aromatic N) is 4. The lowest BCUT2D eigenvalue weighted by Gasteiger charge is -2.11. The number of oxime groups is 2. The summed E-state index contributed by atoms with van der Waals surface area (Å²) >= 11 is 0. The Bertz CT molecular complexity index is 717. The van der Waals surface area contributed by atoms with Gasteiger partial charge >= 0.3 is 0 Å². The third-order valence-corrected chi connectivity index (χ3v) is 2.69. The van der Waals surface area contributed by atoms with Crippen LogP contribution in [-0.4, -0.2) is 37.4 Å². The minimum atomic E-state index is -0.432. The lowest BCUT2D eigenvalue weighted by atomic mass is 10.0. The van der Waals surface area contributed by atoms with Crippen molar-refractivity contribution in [1.29, 1.82) is 5.26 Å². The van der Waals surface area contributed by atoms with Crippen LogP contribution in [0.15, 0.2) is 39.6 Å². The van der Waals surface area contributed by atoms with Gasteiger partial charge in [0.1, 0.15) is 19.8 Å². The summed E-state index contributed by atoms with van der Waals surface area (Å²) in [5.74, 6) is -0.410. The zero-order valence-corrected chi connectivity index (χ0v) is 13.9. The summed E-state index contributed by atoms with van der Waals surface area (Å²) in [5.41, 5.74) is 1.76. The summed E-state index contributed by atoms with van der Waals surface area (Å²) in [7, 11) is 2.76. The normalized spacial score (nSPS) is 12.4. The Morgan fingerprint density at radius 2 is 1.92 bits per heavy atom. The van der Waals surface area contributed by atoms with Crippen molar-refractivity contribution in [2.24, 2.45) is 15.3 Å². The fraction of sp³-hybridized carbons (Fsp3) is 0.312. The third-order valence-electron chi connectivity index (χ3n) is 2.69. The molecule has 0 unspecified atom stereocenters. The summed E-state index contributed by atoms with van der Waals surface area (Å²) in [4.78, 5) is 25.1. The predicted molar refractivity (Wildman–Crippen MR) is 88.6 cm³/mol. The van der Waals surface area contributed by atoms with Gasteiger partial charge in [-0.1, -0.05) is 34.6 Å². The van der Waals surface area contributed by atoms with Crippen molar-refractivity contribution in [2.45, 2.75) is 20.5 Å². The van der Waals surface area contributed by atoms with E-state index < -0.39 is 5.91 Å². The van der Waals surface area contributed by atoms with Crippen molar-refractivity contribution in [3.63, 3.8) is 0 Å². The van der Waals surface area contributed by atoms with Crippen molar-refractivity contribution >= 4 is 23.2 Å². The number of ether oxygens (including phenoxy) is 1. The van der Waals surface area contributed by atoms with E-state index in [0.29, 0.717) is 11.1 Å². The molecule has 1 aromatic rings. The molecule has 0 aliphatic carbocycles. The van der Waals surface area contributed by atoms with Gasteiger partial charge in [-0.2, -0.15) is 10.3 Å². The van der Waals surface area contributed by atoms with Crippen LogP contribution in [0, 0.1) is 11.3 Å². The SMILES string of the molecule is CON=C(C(=NC(C)=O)OC)c1ccccc1CO/N=C(/C)C#N. The smallest absolute Gasteiger partial charge is 0.246 e. The highest BCUT2D eigenvalue weighted by Crippen LogP contribution is 2.14. The van der Waals surface area contributed by atoms with Crippen LogP contribution in [0.1, 0.15) is 25.0 Å². The molecule has 0 radical (unpaired) electrons. The Morgan fingerprint density at radius 3 is 2.50 bits per heavy atom. The number of nitriles is 1. The van der Waals surface area contributed by atoms with E-state index in [0.717, 1.165) is 0 Å². The predicted octanol–water partition coefficient (Wildman–Crippen LogP) is 2.04. The average molecular weight is 330 g/mol. The molecule has 1 rings (SSSR count). The zero-order chi connectivity index (χ0) is 17.9. The Balaban J connectivity index is 3.24. The summed E-state index contributed by atoms with van der Waals surface area (Å²) in [6, 6.07) is 9.00. The number of rotatable bonds is 6. The summed E-state index contributed by atoms with van der Waals surface area (Å²) in [6.45, 7) is 2.93. The highest BCUT2D eigenvalue weighted by atomic mass is 16.6. The first-order valence-electron chi connectivity index (χ1n) is 6.93. The Labute approximate surface area is 140 Å². The van der Waals surface area contributed by atoms with E-state index >= 15 is 0 Å². The maximum absolute atomic E-state index is 11.3. The molecule has 1 aromatic carbocycles. The second-order valence-electron chi connectivity index (χ2n) is 4.48. The first kappa shape index (κ1) is 18.8. The number of methoxy groups -OCH3 is 1. The lowest BCUT2D eigenvalue weighted by Crippen LogP contribution is -2.21. The zero-order valence-electron chi connectivity index (χ0n) is 13.9. The quantitative estimate of drug-likeness (QED) is 0.451. The fourth-order valence-electron chi connectivity index (χ4n) is 1.73. The second-order valence-corrected chi connectivity index (χ2v) is 4.48. The molecule has 0 aliphatic heterocycles. The first-order chi connectivity index (χ1) is 11.5. The van der Waals surface area contributed by atoms with Gasteiger partial charge in [0.15, 0.2) is 11.4 Å². The van der Waals surface area contributed by atoms with E-state index in [4.69, 9.17) is 19.7 Å². The van der Waals surface area contributed by atoms with Gasteiger partial charge < -0.3 is 14.4 Å². The van der Waals surface area contributed by atoms with Gasteiger partial charge in [0.25, 0.3) is 0 Å². The number of carbonyl (C=O) groups is 1. The topological polar surface area (TPSA) is 106 Å². The molecule has 0 aliphatic rings. The average Bonchev–Trinajstić information content (AvgIpc) is 2.58. The molecule has 8 nitrogen and oxygen atoms in total. The molecule has 0 fully saturated rings. The number of benzene rings is 1. The lowest BCUT2D eigenvalue weighted by molar-refractivity contribution is -0.115. The third kappa shape index (κ3) is 5.53. The number of aliphatic imine (C=N–C) groups is 1. The van der Waals surface area contributed by atoms with Crippen LogP contribution < -0.4 is 0 Å². The molecule has 24 heavy (non-hydrogen) atoms. The Hall–Kier alpha value is -3.21. The van der Waals surface area contributed by atoms with Crippen LogP contribution in [0.2, 0.25) is 0 Å². The van der Waals surface area contributed by atoms with E-state index in [2.05, 4.69) is 15.3 Å². The fourth-order valence-corrected chi connectivity index (χ4v) is 1.73. The van der Waals surface area contributed by atoms with E-state index in [1.807, 2.05) is 12.1 Å². The van der Waals surface area contributed by atoms with Crippen molar-refractivity contribution in [3.05, 3.63) is 35.4 Å². The van der Waals surface area contributed by atoms with E-state index in [9.17, 15) is 4.79 Å². The minimum absolute atomic E-state index is 0.0218. The molecule has 1 amide bonds. The molecule has 0 spiro atoms. The maximum Gasteiger partial charge on any atom is 0.246 e. The van der Waals surface area contributed by atoms with Crippen LogP contribution in [0.4, 0.5) is 0 Å². The number of amides is 1. The molecule has 0 heterocycles. The minimum Gasteiger partial charge on any atom is -0.479 e. The molecule has 0 atom stereocenters. The van der Waals surface area contributed by atoms with E-state index in [1.54, 1.807) is 18.2 Å². The van der Waals surface area contributed by atoms with Crippen LogP contribution in [0.5, 0.6) is 0 Å². The maximum atomic E-state index is 11.3. The van der Waals surface area contributed by atoms with Gasteiger partial charge in [0.05, 0.1) is 7.11 Å². The highest BCUT2D eigenvalue weighted by molar-refractivity contribution is 6.46. The molecule has 0 aromatic heterocycles. The molecular formula is C16H18N4O4. The summed E-state index contributed by atoms with van der Waals surface area (Å²) in [5, 5.41) is 16.2. The molecule has 8 heteroatoms. The molecule has 0 bridgehead atoms. The van der Waals surface area contributed by atoms with Gasteiger partial charge in [-0.25, -0.2) is 0 Å². The van der Waals surface area contributed by atoms with Crippen molar-refractivity contribution in [3.8, 4) is 6.07 Å². The van der Waals surface area contributed by atoms with Crippen LogP contribution in [0.3, 0.4) is 0 Å². The molecule has 126 valence electrons. The number of hydrogen-bond donors (Lipinski definition) is 0. The number of hydrogen-bond acceptors (Lipinski definition) is 7. The standard InChI is InChI=1S/C16H18N4O4/c1-11(9-17)19-24-10-13-7-5-6-8-14(13)15(20-23-4)16(22-3)18-12(2)21/h5-8H,10H2,1-4H3/b18-16?,19-11-,20-15?. The van der Waals surface area contributed by atoms with Crippen LogP contribution in [0.25, 0.3) is 0 Å². The molecular weight excluding hydrogens is 312 g/mol. The van der Waals surface area contributed by atoms with Crippen LogP contribution >= 0.6 is 0 Å². The van der Waals surface area contributed by atoms with Gasteiger partial charge in [-0.15, -0.1) is 0 Å². The van der Waals surface area contributed by atoms with Gasteiger partial charge in [-0.05, 0) is 6.92 Å². The Kier molecular flexibility index (Phi) is 7.64. The summed E-state index contributed by atoms with van der Waals surface area (Å²) in [6.07, 6.45) is 0. The first-order valence-corrected chi connectivity index (χ1v) is 6.93. The van der Waals surface area contributed by atoms with E-state index in [1.165, 1.54) is 28.1 Å². The van der Waals surface area contributed by atoms with Gasteiger partial charge in [-0.3, -0.25) is 4.79 Å². The Morgan fingerprint density at radius 1 is 1.21 bits per heavy atom. The van der Waals surface area contributed by atoms with Crippen LogP contribution in [-0.2, 0) is 25.8 Å². The van der Waals surface area contributed by atoms with Crippen molar-refractivity contribution in [1.82, 2.24) is 0 Å². The highest BCUT2D eigenvalue weighted by Gasteiger charge is 2.18. The van der Waals surface area contributed by atoms with Gasteiger partial charge in [0, 0.05) is 18.1 Å². The second kappa shape index (κ2) is 9.74. The largest absolute Gasteiger partial charge is 0.479 e. The molecule has 0 saturated carbocycles. The molecule has 0 saturated heterocycles. The monoisotopic (exact) mass is 330 g/mol. The van der Waals surface area contributed by atoms with E-state index in [-0.39, 0.29) is 23.9 Å². The number of carbonyl (C=O) groups excluding carboxylic acids is 1. The van der Waals surface area contributed by atoms with Crippen molar-refractivity contribution < 1.29 is 19.2 Å². The molecule has 0 N–H and O–H groups in total. The van der Waals surface area contributed by atoms with Gasteiger partial charge in [0.2, 0.25) is 11.8 Å². The van der Waals surface area contributed by atoms with Crippen molar-refractivity contribution in [2.75, 3.05) is 14.2 Å². The summed E-state index contributed by atoms with van der Waals surface area (Å²) < 4.78 is 5.15.